The van der Waals surface area contributed by atoms with Crippen molar-refractivity contribution in [1.82, 2.24) is 24.7 Å². The van der Waals surface area contributed by atoms with Gasteiger partial charge in [0.1, 0.15) is 5.82 Å². The van der Waals surface area contributed by atoms with E-state index in [1.165, 1.54) is 24.2 Å². The number of aryl methyl sites for hydroxylation is 2. The van der Waals surface area contributed by atoms with Crippen LogP contribution in [0.4, 0.5) is 0 Å². The van der Waals surface area contributed by atoms with Gasteiger partial charge in [0.15, 0.2) is 0 Å². The van der Waals surface area contributed by atoms with Crippen molar-refractivity contribution >= 4 is 5.91 Å². The minimum Gasteiger partial charge on any atom is -0.346 e. The summed E-state index contributed by atoms with van der Waals surface area (Å²) in [5.41, 5.74) is 2.39. The molecule has 1 amide bonds. The van der Waals surface area contributed by atoms with E-state index >= 15 is 0 Å². The van der Waals surface area contributed by atoms with Gasteiger partial charge in [-0.1, -0.05) is 6.92 Å². The molecule has 1 N–H and O–H groups in total. The Morgan fingerprint density at radius 3 is 2.68 bits per heavy atom. The van der Waals surface area contributed by atoms with E-state index in [4.69, 9.17) is 4.98 Å². The summed E-state index contributed by atoms with van der Waals surface area (Å²) in [4.78, 5) is 27.8. The molecule has 3 heterocycles. The number of aromatic nitrogens is 2. The van der Waals surface area contributed by atoms with Crippen LogP contribution in [0.25, 0.3) is 0 Å². The first-order valence-electron chi connectivity index (χ1n) is 11.2. The molecule has 0 aliphatic carbocycles. The van der Waals surface area contributed by atoms with E-state index in [9.17, 15) is 4.79 Å². The van der Waals surface area contributed by atoms with Crippen LogP contribution in [-0.4, -0.2) is 76.9 Å². The van der Waals surface area contributed by atoms with E-state index in [1.54, 1.807) is 0 Å². The Bertz CT molecular complexity index is 635. The molecule has 3 rings (SSSR count). The third-order valence-electron chi connectivity index (χ3n) is 6.74. The average molecular weight is 390 g/mol. The summed E-state index contributed by atoms with van der Waals surface area (Å²) < 4.78 is 0. The molecule has 158 valence electrons. The lowest BCUT2D eigenvalue weighted by Gasteiger charge is -2.36. The van der Waals surface area contributed by atoms with Gasteiger partial charge in [0.05, 0.1) is 5.69 Å². The number of rotatable bonds is 7. The Balaban J connectivity index is 1.44. The summed E-state index contributed by atoms with van der Waals surface area (Å²) in [6.45, 7) is 9.65. The summed E-state index contributed by atoms with van der Waals surface area (Å²) in [6.07, 6.45) is 7.37. The number of nitrogens with zero attached hydrogens (tertiary/aromatic N) is 4. The van der Waals surface area contributed by atoms with Crippen LogP contribution in [0.3, 0.4) is 0 Å². The highest BCUT2D eigenvalue weighted by Gasteiger charge is 2.26. The third kappa shape index (κ3) is 5.57. The Kier molecular flexibility index (Phi) is 7.52. The van der Waals surface area contributed by atoms with E-state index in [0.29, 0.717) is 24.3 Å². The van der Waals surface area contributed by atoms with Crippen molar-refractivity contribution in [3.63, 3.8) is 0 Å². The predicted molar refractivity (Wildman–Crippen MR) is 113 cm³/mol. The van der Waals surface area contributed by atoms with Crippen LogP contribution in [0, 0.1) is 12.8 Å². The summed E-state index contributed by atoms with van der Waals surface area (Å²) >= 11 is 0. The smallest absolute Gasteiger partial charge is 0.222 e. The Labute approximate surface area is 170 Å². The van der Waals surface area contributed by atoms with Gasteiger partial charge in [-0.05, 0) is 71.6 Å². The number of nitrogens with one attached hydrogen (secondary N) is 1. The Morgan fingerprint density at radius 2 is 2.00 bits per heavy atom. The average Bonchev–Trinajstić information content (AvgIpc) is 3.06. The molecule has 0 spiro atoms. The van der Waals surface area contributed by atoms with Crippen molar-refractivity contribution in [3.05, 3.63) is 17.2 Å². The van der Waals surface area contributed by atoms with Gasteiger partial charge in [-0.3, -0.25) is 9.69 Å². The van der Waals surface area contributed by atoms with Gasteiger partial charge >= 0.3 is 0 Å². The number of hydrogen-bond donors (Lipinski definition) is 1. The van der Waals surface area contributed by atoms with Gasteiger partial charge in [0.25, 0.3) is 0 Å². The van der Waals surface area contributed by atoms with E-state index in [2.05, 4.69) is 35.7 Å². The zero-order chi connectivity index (χ0) is 20.1. The maximum absolute atomic E-state index is 12.7. The molecular weight excluding hydrogens is 350 g/mol. The first kappa shape index (κ1) is 21.3. The third-order valence-corrected chi connectivity index (χ3v) is 6.74. The van der Waals surface area contributed by atoms with E-state index < -0.39 is 0 Å². The lowest BCUT2D eigenvalue weighted by molar-refractivity contribution is -0.133. The highest BCUT2D eigenvalue weighted by Crippen LogP contribution is 2.24. The van der Waals surface area contributed by atoms with Crippen molar-refractivity contribution in [3.8, 4) is 0 Å². The zero-order valence-electron chi connectivity index (χ0n) is 18.3. The highest BCUT2D eigenvalue weighted by atomic mass is 16.2. The van der Waals surface area contributed by atoms with E-state index in [-0.39, 0.29) is 0 Å². The fourth-order valence-corrected chi connectivity index (χ4v) is 4.72. The van der Waals surface area contributed by atoms with Gasteiger partial charge in [0.2, 0.25) is 5.91 Å². The molecule has 2 saturated heterocycles. The maximum atomic E-state index is 12.7. The molecule has 1 atom stereocenters. The first-order valence-corrected chi connectivity index (χ1v) is 11.2. The Morgan fingerprint density at radius 1 is 1.25 bits per heavy atom. The standard InChI is InChI=1S/C22H39N5O/c1-5-21-23-17(2)20(24-21)16-27-12-6-7-18(15-27)8-9-22(28)26(4)19-10-13-25(3)14-11-19/h18-19H,5-16H2,1-4H3,(H,23,24). The Hall–Kier alpha value is -1.40. The summed E-state index contributed by atoms with van der Waals surface area (Å²) in [6, 6.07) is 0.432. The van der Waals surface area contributed by atoms with Gasteiger partial charge < -0.3 is 14.8 Å². The van der Waals surface area contributed by atoms with Crippen LogP contribution in [-0.2, 0) is 17.8 Å². The fraction of sp³-hybridized carbons (Fsp3) is 0.818. The number of aromatic amines is 1. The predicted octanol–water partition coefficient (Wildman–Crippen LogP) is 2.83. The minimum atomic E-state index is 0.336. The fourth-order valence-electron chi connectivity index (χ4n) is 4.72. The molecule has 0 bridgehead atoms. The molecule has 0 radical (unpaired) electrons. The molecule has 1 aromatic rings. The SMILES string of the molecule is CCc1nc(CN2CCCC(CCC(=O)N(C)C3CCN(C)CC3)C2)c(C)[nH]1. The quantitative estimate of drug-likeness (QED) is 0.779. The zero-order valence-corrected chi connectivity index (χ0v) is 18.3. The highest BCUT2D eigenvalue weighted by molar-refractivity contribution is 5.76. The van der Waals surface area contributed by atoms with E-state index in [0.717, 1.165) is 64.2 Å². The number of piperidine rings is 2. The molecule has 2 aliphatic heterocycles. The second kappa shape index (κ2) is 9.88. The number of carbonyl (C=O) groups is 1. The molecule has 1 aromatic heterocycles. The van der Waals surface area contributed by atoms with Gasteiger partial charge in [0, 0.05) is 44.7 Å². The van der Waals surface area contributed by atoms with Crippen LogP contribution in [0.2, 0.25) is 0 Å². The molecular formula is C22H39N5O. The topological polar surface area (TPSA) is 55.5 Å². The number of likely N-dealkylation sites (tertiary alicyclic amines) is 2. The van der Waals surface area contributed by atoms with Crippen molar-refractivity contribution in [2.75, 3.05) is 40.3 Å². The monoisotopic (exact) mass is 389 g/mol. The number of H-pyrrole nitrogens is 1. The maximum Gasteiger partial charge on any atom is 0.222 e. The molecule has 1 unspecified atom stereocenters. The van der Waals surface area contributed by atoms with Gasteiger partial charge in [-0.2, -0.15) is 0 Å². The molecule has 6 nitrogen and oxygen atoms in total. The lowest BCUT2D eigenvalue weighted by atomic mass is 9.92. The van der Waals surface area contributed by atoms with Gasteiger partial charge in [-0.15, -0.1) is 0 Å². The lowest BCUT2D eigenvalue weighted by Crippen LogP contribution is -2.44. The second-order valence-electron chi connectivity index (χ2n) is 8.93. The second-order valence-corrected chi connectivity index (χ2v) is 8.93. The van der Waals surface area contributed by atoms with E-state index in [1.807, 2.05) is 11.9 Å². The first-order chi connectivity index (χ1) is 13.5. The number of carbonyl (C=O) groups excluding carboxylic acids is 1. The summed E-state index contributed by atoms with van der Waals surface area (Å²) in [5.74, 6) is 2.06. The van der Waals surface area contributed by atoms with Crippen LogP contribution < -0.4 is 0 Å². The molecule has 2 aliphatic rings. The number of amides is 1. The molecule has 2 fully saturated rings. The van der Waals surface area contributed by atoms with Crippen molar-refractivity contribution in [2.24, 2.45) is 5.92 Å². The van der Waals surface area contributed by atoms with Crippen molar-refractivity contribution in [2.45, 2.75) is 71.4 Å². The van der Waals surface area contributed by atoms with Crippen molar-refractivity contribution < 1.29 is 4.79 Å². The summed E-state index contributed by atoms with van der Waals surface area (Å²) in [5, 5.41) is 0. The van der Waals surface area contributed by atoms with Crippen LogP contribution >= 0.6 is 0 Å². The minimum absolute atomic E-state index is 0.336. The molecule has 0 aromatic carbocycles. The number of hydrogen-bond acceptors (Lipinski definition) is 4. The largest absolute Gasteiger partial charge is 0.346 e. The van der Waals surface area contributed by atoms with Crippen LogP contribution in [0.5, 0.6) is 0 Å². The number of imidazole rings is 1. The molecule has 6 heteroatoms. The molecule has 0 saturated carbocycles. The van der Waals surface area contributed by atoms with Crippen molar-refractivity contribution in [1.29, 1.82) is 0 Å². The molecule has 28 heavy (non-hydrogen) atoms. The normalized spacial score (nSPS) is 22.5. The van der Waals surface area contributed by atoms with Crippen LogP contribution in [0.15, 0.2) is 0 Å². The van der Waals surface area contributed by atoms with Crippen LogP contribution in [0.1, 0.15) is 62.7 Å². The summed E-state index contributed by atoms with van der Waals surface area (Å²) in [7, 11) is 4.18. The van der Waals surface area contributed by atoms with Gasteiger partial charge in [-0.25, -0.2) is 4.98 Å².